The molecule has 5 unspecified atom stereocenters. The van der Waals surface area contributed by atoms with Gasteiger partial charge in [-0.1, -0.05) is 18.2 Å². The Morgan fingerprint density at radius 1 is 0.925 bits per heavy atom. The number of aromatic amines is 1. The van der Waals surface area contributed by atoms with Crippen molar-refractivity contribution in [1.29, 1.82) is 0 Å². The molecule has 14 heteroatoms. The van der Waals surface area contributed by atoms with E-state index in [1.165, 1.54) is 6.92 Å². The normalized spacial score (nSPS) is 14.9. The maximum Gasteiger partial charge on any atom is 0.326 e. The number of fused-ring (bicyclic) bond motifs is 1. The summed E-state index contributed by atoms with van der Waals surface area (Å²) in [4.78, 5) is 65.2. The van der Waals surface area contributed by atoms with E-state index in [2.05, 4.69) is 20.9 Å². The molecule has 0 saturated heterocycles. The van der Waals surface area contributed by atoms with E-state index < -0.39 is 59.9 Å². The van der Waals surface area contributed by atoms with Gasteiger partial charge in [-0.25, -0.2) is 4.79 Å². The van der Waals surface area contributed by atoms with E-state index in [0.717, 1.165) is 10.9 Å². The van der Waals surface area contributed by atoms with Gasteiger partial charge in [0.15, 0.2) is 0 Å². The Kier molecular flexibility index (Phi) is 12.5. The number of hydrogen-bond acceptors (Lipinski definition) is 8. The van der Waals surface area contributed by atoms with E-state index in [0.29, 0.717) is 24.9 Å². The number of unbranched alkanes of at least 4 members (excludes halogenated alkanes) is 1. The lowest BCUT2D eigenvalue weighted by Crippen LogP contribution is -2.58. The van der Waals surface area contributed by atoms with Crippen molar-refractivity contribution in [2.45, 2.75) is 75.7 Å². The van der Waals surface area contributed by atoms with Gasteiger partial charge in [-0.2, -0.15) is 0 Å². The molecule has 0 bridgehead atoms. The Balaban J connectivity index is 2.20. The summed E-state index contributed by atoms with van der Waals surface area (Å²) in [5.41, 5.74) is 17.9. The molecule has 0 fully saturated rings. The van der Waals surface area contributed by atoms with Crippen molar-refractivity contribution >= 4 is 40.5 Å². The van der Waals surface area contributed by atoms with Gasteiger partial charge in [0.1, 0.15) is 24.2 Å². The number of primary amides is 1. The van der Waals surface area contributed by atoms with E-state index in [9.17, 15) is 34.2 Å². The van der Waals surface area contributed by atoms with Gasteiger partial charge in [0, 0.05) is 29.9 Å². The molecule has 2 rings (SSSR count). The minimum absolute atomic E-state index is 0.0108. The van der Waals surface area contributed by atoms with Crippen LogP contribution in [0, 0.1) is 0 Å². The second-order valence-electron chi connectivity index (χ2n) is 9.64. The van der Waals surface area contributed by atoms with Crippen LogP contribution in [0.25, 0.3) is 10.9 Å². The molecular formula is C26H39N7O7. The molecular weight excluding hydrogens is 522 g/mol. The number of benzene rings is 1. The van der Waals surface area contributed by atoms with Crippen molar-refractivity contribution in [3.63, 3.8) is 0 Å². The minimum atomic E-state index is -1.34. The van der Waals surface area contributed by atoms with Crippen LogP contribution >= 0.6 is 0 Å². The van der Waals surface area contributed by atoms with Crippen molar-refractivity contribution in [2.75, 3.05) is 6.54 Å². The topological polar surface area (TPSA) is 256 Å². The predicted molar refractivity (Wildman–Crippen MR) is 146 cm³/mol. The first-order valence-corrected chi connectivity index (χ1v) is 13.1. The van der Waals surface area contributed by atoms with Crippen LogP contribution in [0.1, 0.15) is 44.6 Å². The van der Waals surface area contributed by atoms with Gasteiger partial charge in [-0.3, -0.25) is 19.2 Å². The number of nitrogens with one attached hydrogen (secondary N) is 4. The molecule has 220 valence electrons. The number of carbonyl (C=O) groups excluding carboxylic acids is 4. The highest BCUT2D eigenvalue weighted by Crippen LogP contribution is 2.19. The predicted octanol–water partition coefficient (Wildman–Crippen LogP) is -1.65. The van der Waals surface area contributed by atoms with Gasteiger partial charge in [-0.15, -0.1) is 0 Å². The first kappa shape index (κ1) is 32.2. The largest absolute Gasteiger partial charge is 0.480 e. The van der Waals surface area contributed by atoms with E-state index in [1.54, 1.807) is 6.20 Å². The third kappa shape index (κ3) is 9.63. The number of aliphatic hydroxyl groups is 1. The first-order chi connectivity index (χ1) is 18.9. The fourth-order valence-electron chi connectivity index (χ4n) is 4.07. The molecule has 1 aromatic carbocycles. The molecule has 40 heavy (non-hydrogen) atoms. The minimum Gasteiger partial charge on any atom is -0.480 e. The fraction of sp³-hybridized carbons (Fsp3) is 0.500. The van der Waals surface area contributed by atoms with Crippen molar-refractivity contribution in [3.05, 3.63) is 36.0 Å². The number of hydrogen-bond donors (Lipinski definition) is 9. The number of para-hydroxylation sites is 1. The number of carboxylic acids is 1. The summed E-state index contributed by atoms with van der Waals surface area (Å²) in [6.45, 7) is 1.64. The van der Waals surface area contributed by atoms with Crippen LogP contribution in [0.2, 0.25) is 0 Å². The highest BCUT2D eigenvalue weighted by Gasteiger charge is 2.31. The van der Waals surface area contributed by atoms with E-state index in [4.69, 9.17) is 17.2 Å². The highest BCUT2D eigenvalue weighted by atomic mass is 16.4. The molecule has 0 aliphatic rings. The number of aliphatic carboxylic acids is 1. The smallest absolute Gasteiger partial charge is 0.326 e. The molecule has 4 amide bonds. The van der Waals surface area contributed by atoms with E-state index in [1.807, 2.05) is 24.3 Å². The number of nitrogens with two attached hydrogens (primary N) is 3. The number of aliphatic hydroxyl groups excluding tert-OH is 1. The second kappa shape index (κ2) is 15.5. The zero-order chi connectivity index (χ0) is 29.8. The first-order valence-electron chi connectivity index (χ1n) is 13.1. The van der Waals surface area contributed by atoms with Crippen LogP contribution in [0.5, 0.6) is 0 Å². The third-order valence-electron chi connectivity index (χ3n) is 6.43. The Labute approximate surface area is 231 Å². The molecule has 0 aliphatic carbocycles. The monoisotopic (exact) mass is 561 g/mol. The molecule has 14 nitrogen and oxygen atoms in total. The molecule has 0 saturated carbocycles. The van der Waals surface area contributed by atoms with Crippen molar-refractivity contribution < 1.29 is 34.2 Å². The van der Waals surface area contributed by atoms with Gasteiger partial charge in [-0.05, 0) is 50.8 Å². The molecule has 0 radical (unpaired) electrons. The molecule has 2 aromatic rings. The lowest BCUT2D eigenvalue weighted by molar-refractivity contribution is -0.142. The molecule has 0 aliphatic heterocycles. The van der Waals surface area contributed by atoms with Crippen molar-refractivity contribution in [1.82, 2.24) is 20.9 Å². The molecule has 12 N–H and O–H groups in total. The number of aromatic nitrogens is 1. The Morgan fingerprint density at radius 2 is 1.52 bits per heavy atom. The summed E-state index contributed by atoms with van der Waals surface area (Å²) in [6, 6.07) is 2.24. The van der Waals surface area contributed by atoms with Gasteiger partial charge in [0.25, 0.3) is 0 Å². The molecule has 1 aromatic heterocycles. The molecule has 0 spiro atoms. The maximum atomic E-state index is 13.2. The van der Waals surface area contributed by atoms with Crippen LogP contribution < -0.4 is 33.2 Å². The number of rotatable bonds is 17. The fourth-order valence-corrected chi connectivity index (χ4v) is 4.07. The summed E-state index contributed by atoms with van der Waals surface area (Å²) in [5, 5.41) is 27.7. The number of carboxylic acid groups (broad SMARTS) is 1. The van der Waals surface area contributed by atoms with Crippen LogP contribution in [0.15, 0.2) is 30.5 Å². The second-order valence-corrected chi connectivity index (χ2v) is 9.64. The standard InChI is InChI=1S/C26H39N7O7/c1-14(34)22(29)25(38)32-19(9-10-21(28)35)24(37)31-18(8-4-5-11-27)23(36)33-20(26(39)40)12-15-13-30-17-7-3-2-6-16(15)17/h2-3,6-7,13-14,18-20,22,30,34H,4-5,8-12,27,29H2,1H3,(H2,28,35)(H,31,37)(H,32,38)(H,33,36)(H,39,40). The average Bonchev–Trinajstić information content (AvgIpc) is 3.31. The average molecular weight is 562 g/mol. The molecule has 5 atom stereocenters. The number of H-pyrrole nitrogens is 1. The number of amides is 4. The Morgan fingerprint density at radius 3 is 2.12 bits per heavy atom. The van der Waals surface area contributed by atoms with E-state index >= 15 is 0 Å². The third-order valence-corrected chi connectivity index (χ3v) is 6.43. The van der Waals surface area contributed by atoms with Crippen LogP contribution in [0.3, 0.4) is 0 Å². The SMILES string of the molecule is CC(O)C(N)C(=O)NC(CCC(N)=O)C(=O)NC(CCCCN)C(=O)NC(Cc1c[nH]c2ccccc12)C(=O)O. The highest BCUT2D eigenvalue weighted by molar-refractivity contribution is 5.94. The Hall–Kier alpha value is -4.01. The van der Waals surface area contributed by atoms with Crippen LogP contribution in [-0.4, -0.2) is 81.6 Å². The van der Waals surface area contributed by atoms with Gasteiger partial charge >= 0.3 is 5.97 Å². The van der Waals surface area contributed by atoms with Gasteiger partial charge in [0.2, 0.25) is 23.6 Å². The summed E-state index contributed by atoms with van der Waals surface area (Å²) in [7, 11) is 0. The molecule has 1 heterocycles. The lowest BCUT2D eigenvalue weighted by atomic mass is 10.0. The zero-order valence-electron chi connectivity index (χ0n) is 22.4. The van der Waals surface area contributed by atoms with Crippen molar-refractivity contribution in [2.24, 2.45) is 17.2 Å². The quantitative estimate of drug-likeness (QED) is 0.100. The van der Waals surface area contributed by atoms with Gasteiger partial charge in [0.05, 0.1) is 6.10 Å². The summed E-state index contributed by atoms with van der Waals surface area (Å²) in [5.74, 6) is -4.36. The van der Waals surface area contributed by atoms with Crippen LogP contribution in [0.4, 0.5) is 0 Å². The summed E-state index contributed by atoms with van der Waals surface area (Å²) < 4.78 is 0. The van der Waals surface area contributed by atoms with Crippen molar-refractivity contribution in [3.8, 4) is 0 Å². The lowest BCUT2D eigenvalue weighted by Gasteiger charge is -2.25. The zero-order valence-corrected chi connectivity index (χ0v) is 22.4. The van der Waals surface area contributed by atoms with Crippen LogP contribution in [-0.2, 0) is 30.4 Å². The van der Waals surface area contributed by atoms with Gasteiger partial charge < -0.3 is 48.3 Å². The number of carbonyl (C=O) groups is 5. The summed E-state index contributed by atoms with van der Waals surface area (Å²) in [6.07, 6.45) is 1.15. The maximum absolute atomic E-state index is 13.2. The summed E-state index contributed by atoms with van der Waals surface area (Å²) >= 11 is 0. The van der Waals surface area contributed by atoms with E-state index in [-0.39, 0.29) is 25.7 Å². The Bertz CT molecular complexity index is 1180.